The van der Waals surface area contributed by atoms with E-state index >= 15 is 0 Å². The minimum atomic E-state index is -0.834. The molecular formula is C37H71NO3. The Kier molecular flexibility index (Phi) is 32.5. The molecule has 41 heavy (non-hydrogen) atoms. The van der Waals surface area contributed by atoms with Crippen LogP contribution in [0.5, 0.6) is 0 Å². The number of unbranched alkanes of at least 4 members (excludes halogenated alkanes) is 23. The SMILES string of the molecule is CCCCCCCC/C=C/C(O)C(CO)NC(=O)CCCCCCCCCCC/C=C\CCCCCCCCCC. The van der Waals surface area contributed by atoms with Crippen LogP contribution in [-0.2, 0) is 4.79 Å². The first-order valence-corrected chi connectivity index (χ1v) is 18.1. The van der Waals surface area contributed by atoms with Gasteiger partial charge >= 0.3 is 0 Å². The van der Waals surface area contributed by atoms with Gasteiger partial charge in [0.05, 0.1) is 18.8 Å². The number of carbonyl (C=O) groups excluding carboxylic acids is 1. The summed E-state index contributed by atoms with van der Waals surface area (Å²) in [5.41, 5.74) is 0. The number of rotatable bonds is 32. The quantitative estimate of drug-likeness (QED) is 0.0550. The van der Waals surface area contributed by atoms with E-state index in [0.717, 1.165) is 25.7 Å². The first kappa shape index (κ1) is 39.9. The van der Waals surface area contributed by atoms with Gasteiger partial charge in [0.25, 0.3) is 0 Å². The van der Waals surface area contributed by atoms with E-state index < -0.39 is 12.1 Å². The van der Waals surface area contributed by atoms with Gasteiger partial charge in [0.15, 0.2) is 0 Å². The smallest absolute Gasteiger partial charge is 0.220 e. The molecule has 3 N–H and O–H groups in total. The van der Waals surface area contributed by atoms with Crippen molar-refractivity contribution in [3.05, 3.63) is 24.3 Å². The molecule has 0 spiro atoms. The molecule has 4 heteroatoms. The third-order valence-electron chi connectivity index (χ3n) is 8.18. The second-order valence-electron chi connectivity index (χ2n) is 12.3. The number of hydrogen-bond donors (Lipinski definition) is 3. The van der Waals surface area contributed by atoms with Crippen LogP contribution in [0.1, 0.15) is 187 Å². The number of hydrogen-bond acceptors (Lipinski definition) is 3. The Morgan fingerprint density at radius 2 is 0.927 bits per heavy atom. The monoisotopic (exact) mass is 578 g/mol. The molecule has 0 aliphatic carbocycles. The molecular weight excluding hydrogens is 506 g/mol. The molecule has 0 bridgehead atoms. The minimum absolute atomic E-state index is 0.0701. The molecule has 242 valence electrons. The molecule has 0 aromatic carbocycles. The zero-order valence-corrected chi connectivity index (χ0v) is 27.6. The van der Waals surface area contributed by atoms with Crippen molar-refractivity contribution in [3.8, 4) is 0 Å². The fourth-order valence-electron chi connectivity index (χ4n) is 5.35. The Morgan fingerprint density at radius 1 is 0.561 bits per heavy atom. The first-order valence-electron chi connectivity index (χ1n) is 18.1. The number of nitrogens with one attached hydrogen (secondary N) is 1. The molecule has 0 fully saturated rings. The summed E-state index contributed by atoms with van der Waals surface area (Å²) in [5, 5.41) is 22.7. The predicted octanol–water partition coefficient (Wildman–Crippen LogP) is 10.5. The van der Waals surface area contributed by atoms with Crippen LogP contribution >= 0.6 is 0 Å². The van der Waals surface area contributed by atoms with Gasteiger partial charge in [-0.15, -0.1) is 0 Å². The highest BCUT2D eigenvalue weighted by atomic mass is 16.3. The highest BCUT2D eigenvalue weighted by molar-refractivity contribution is 5.76. The van der Waals surface area contributed by atoms with Gasteiger partial charge in [-0.2, -0.15) is 0 Å². The van der Waals surface area contributed by atoms with Crippen LogP contribution in [-0.4, -0.2) is 34.9 Å². The standard InChI is InChI=1S/C37H71NO3/c1-3-5-7-9-11-13-14-15-16-17-18-19-20-21-22-23-24-25-27-29-31-33-37(41)38-35(34-39)36(40)32-30-28-26-12-10-8-6-4-2/h17-18,30,32,35-36,39-40H,3-16,19-29,31,33-34H2,1-2H3,(H,38,41)/b18-17-,32-30+. The number of amides is 1. The average molecular weight is 578 g/mol. The van der Waals surface area contributed by atoms with Crippen molar-refractivity contribution in [1.29, 1.82) is 0 Å². The zero-order chi connectivity index (χ0) is 30.1. The second-order valence-corrected chi connectivity index (χ2v) is 12.3. The lowest BCUT2D eigenvalue weighted by Crippen LogP contribution is -2.45. The normalized spacial score (nSPS) is 13.4. The minimum Gasteiger partial charge on any atom is -0.394 e. The van der Waals surface area contributed by atoms with Gasteiger partial charge in [-0.1, -0.05) is 160 Å². The second kappa shape index (κ2) is 33.4. The Labute approximate surface area is 256 Å². The van der Waals surface area contributed by atoms with E-state index in [2.05, 4.69) is 31.3 Å². The van der Waals surface area contributed by atoms with E-state index in [9.17, 15) is 15.0 Å². The van der Waals surface area contributed by atoms with Gasteiger partial charge < -0.3 is 15.5 Å². The number of carbonyl (C=O) groups is 1. The van der Waals surface area contributed by atoms with Crippen molar-refractivity contribution < 1.29 is 15.0 Å². The van der Waals surface area contributed by atoms with E-state index in [1.54, 1.807) is 6.08 Å². The lowest BCUT2D eigenvalue weighted by atomic mass is 10.0. The molecule has 2 unspecified atom stereocenters. The van der Waals surface area contributed by atoms with Crippen molar-refractivity contribution in [2.45, 2.75) is 199 Å². The van der Waals surface area contributed by atoms with Crippen molar-refractivity contribution in [1.82, 2.24) is 5.32 Å². The van der Waals surface area contributed by atoms with Crippen LogP contribution in [0.2, 0.25) is 0 Å². The summed E-state index contributed by atoms with van der Waals surface area (Å²) in [6.07, 6.45) is 41.3. The molecule has 0 saturated carbocycles. The van der Waals surface area contributed by atoms with Crippen LogP contribution in [0.4, 0.5) is 0 Å². The van der Waals surface area contributed by atoms with Crippen LogP contribution in [0, 0.1) is 0 Å². The van der Waals surface area contributed by atoms with Gasteiger partial charge in [0, 0.05) is 6.42 Å². The summed E-state index contributed by atoms with van der Waals surface area (Å²) in [7, 11) is 0. The maximum atomic E-state index is 12.3. The van der Waals surface area contributed by atoms with E-state index in [0.29, 0.717) is 6.42 Å². The first-order chi connectivity index (χ1) is 20.2. The highest BCUT2D eigenvalue weighted by Crippen LogP contribution is 2.13. The van der Waals surface area contributed by atoms with Crippen LogP contribution in [0.15, 0.2) is 24.3 Å². The van der Waals surface area contributed by atoms with Crippen molar-refractivity contribution in [2.75, 3.05) is 6.61 Å². The summed E-state index contributed by atoms with van der Waals surface area (Å²) in [6.45, 7) is 4.26. The summed E-state index contributed by atoms with van der Waals surface area (Å²) in [4.78, 5) is 12.3. The number of allylic oxidation sites excluding steroid dienone is 3. The Morgan fingerprint density at radius 3 is 1.34 bits per heavy atom. The van der Waals surface area contributed by atoms with Gasteiger partial charge in [-0.3, -0.25) is 4.79 Å². The summed E-state index contributed by atoms with van der Waals surface area (Å²) in [6, 6.07) is -0.617. The molecule has 0 saturated heterocycles. The largest absolute Gasteiger partial charge is 0.394 e. The van der Waals surface area contributed by atoms with E-state index in [4.69, 9.17) is 0 Å². The molecule has 0 heterocycles. The average Bonchev–Trinajstić information content (AvgIpc) is 2.97. The third-order valence-corrected chi connectivity index (χ3v) is 8.18. The van der Waals surface area contributed by atoms with Crippen molar-refractivity contribution in [3.63, 3.8) is 0 Å². The van der Waals surface area contributed by atoms with Gasteiger partial charge in [0.2, 0.25) is 5.91 Å². The van der Waals surface area contributed by atoms with E-state index in [1.165, 1.54) is 141 Å². The number of aliphatic hydroxyl groups is 2. The van der Waals surface area contributed by atoms with Gasteiger partial charge in [-0.05, 0) is 44.9 Å². The highest BCUT2D eigenvalue weighted by Gasteiger charge is 2.17. The number of aliphatic hydroxyl groups excluding tert-OH is 2. The fourth-order valence-corrected chi connectivity index (χ4v) is 5.35. The summed E-state index contributed by atoms with van der Waals surface area (Å²) >= 11 is 0. The summed E-state index contributed by atoms with van der Waals surface area (Å²) < 4.78 is 0. The third kappa shape index (κ3) is 30.1. The predicted molar refractivity (Wildman–Crippen MR) is 179 cm³/mol. The Bertz CT molecular complexity index is 589. The molecule has 4 nitrogen and oxygen atoms in total. The molecule has 0 aliphatic rings. The van der Waals surface area contributed by atoms with Crippen LogP contribution in [0.3, 0.4) is 0 Å². The molecule has 0 aromatic rings. The lowest BCUT2D eigenvalue weighted by molar-refractivity contribution is -0.123. The molecule has 0 aromatic heterocycles. The lowest BCUT2D eigenvalue weighted by Gasteiger charge is -2.20. The molecule has 0 aliphatic heterocycles. The van der Waals surface area contributed by atoms with E-state index in [-0.39, 0.29) is 12.5 Å². The Hall–Kier alpha value is -1.13. The summed E-state index contributed by atoms with van der Waals surface area (Å²) in [5.74, 6) is -0.0701. The molecule has 0 rings (SSSR count). The van der Waals surface area contributed by atoms with Crippen LogP contribution in [0.25, 0.3) is 0 Å². The van der Waals surface area contributed by atoms with Crippen molar-refractivity contribution in [2.24, 2.45) is 0 Å². The van der Waals surface area contributed by atoms with Gasteiger partial charge in [0.1, 0.15) is 0 Å². The van der Waals surface area contributed by atoms with E-state index in [1.807, 2.05) is 6.08 Å². The van der Waals surface area contributed by atoms with Crippen molar-refractivity contribution >= 4 is 5.91 Å². The fraction of sp³-hybridized carbons (Fsp3) is 0.865. The molecule has 0 radical (unpaired) electrons. The maximum Gasteiger partial charge on any atom is 0.220 e. The van der Waals surface area contributed by atoms with Gasteiger partial charge in [-0.25, -0.2) is 0 Å². The topological polar surface area (TPSA) is 69.6 Å². The molecule has 1 amide bonds. The maximum absolute atomic E-state index is 12.3. The van der Waals surface area contributed by atoms with Crippen LogP contribution < -0.4 is 5.32 Å². The molecule has 2 atom stereocenters. The zero-order valence-electron chi connectivity index (χ0n) is 27.6. The Balaban J connectivity index is 3.53.